The number of aromatic nitrogens is 1. The van der Waals surface area contributed by atoms with Crippen LogP contribution in [-0.2, 0) is 0 Å². The van der Waals surface area contributed by atoms with Crippen molar-refractivity contribution in [1.82, 2.24) is 9.88 Å². The molecule has 5 heteroatoms. The first-order chi connectivity index (χ1) is 7.80. The first kappa shape index (κ1) is 11.9. The van der Waals surface area contributed by atoms with Gasteiger partial charge in [0, 0.05) is 5.69 Å². The number of aromatic amines is 1. The molecular weight excluding hydrogens is 220 g/mol. The van der Waals surface area contributed by atoms with Gasteiger partial charge in [-0.15, -0.1) is 0 Å². The Balaban J connectivity index is 2.30. The van der Waals surface area contributed by atoms with Gasteiger partial charge in [-0.25, -0.2) is 0 Å². The molecular formula is C12H16N2O3. The molecule has 1 fully saturated rings. The van der Waals surface area contributed by atoms with Crippen molar-refractivity contribution in [2.75, 3.05) is 13.1 Å². The molecule has 0 saturated carbocycles. The quantitative estimate of drug-likeness (QED) is 0.731. The highest BCUT2D eigenvalue weighted by Gasteiger charge is 2.40. The van der Waals surface area contributed by atoms with Gasteiger partial charge in [-0.05, 0) is 32.4 Å². The molecule has 0 radical (unpaired) electrons. The number of β-amino-alcohol motifs (C(OH)–C–C–N with tert-alkyl or cyclic N) is 1. The Bertz CT molecular complexity index is 523. The molecule has 1 aliphatic heterocycles. The van der Waals surface area contributed by atoms with Crippen molar-refractivity contribution < 1.29 is 9.90 Å². The van der Waals surface area contributed by atoms with Gasteiger partial charge in [0.2, 0.25) is 0 Å². The third-order valence-corrected chi connectivity index (χ3v) is 2.93. The summed E-state index contributed by atoms with van der Waals surface area (Å²) < 4.78 is 0. The SMILES string of the molecule is Cc1cc(C)c(C(=O)N2CC(C)(O)C2)c(=O)[nH]1. The molecule has 1 aliphatic rings. The Morgan fingerprint density at radius 2 is 2.06 bits per heavy atom. The number of pyridine rings is 1. The molecule has 0 atom stereocenters. The van der Waals surface area contributed by atoms with Crippen molar-refractivity contribution >= 4 is 5.91 Å². The van der Waals surface area contributed by atoms with E-state index in [2.05, 4.69) is 4.98 Å². The maximum atomic E-state index is 12.1. The molecule has 0 bridgehead atoms. The highest BCUT2D eigenvalue weighted by Crippen LogP contribution is 2.22. The number of aliphatic hydroxyl groups is 1. The summed E-state index contributed by atoms with van der Waals surface area (Å²) in [6.07, 6.45) is 0. The number of hydrogen-bond donors (Lipinski definition) is 2. The molecule has 0 unspecified atom stereocenters. The summed E-state index contributed by atoms with van der Waals surface area (Å²) >= 11 is 0. The van der Waals surface area contributed by atoms with E-state index in [0.29, 0.717) is 5.56 Å². The van der Waals surface area contributed by atoms with Gasteiger partial charge in [0.15, 0.2) is 0 Å². The zero-order valence-corrected chi connectivity index (χ0v) is 10.2. The van der Waals surface area contributed by atoms with Gasteiger partial charge in [0.05, 0.1) is 18.7 Å². The molecule has 1 aromatic rings. The van der Waals surface area contributed by atoms with Crippen LogP contribution < -0.4 is 5.56 Å². The van der Waals surface area contributed by atoms with Crippen molar-refractivity contribution in [1.29, 1.82) is 0 Å². The molecule has 92 valence electrons. The predicted molar refractivity (Wildman–Crippen MR) is 63.1 cm³/mol. The number of carbonyl (C=O) groups excluding carboxylic acids is 1. The molecule has 1 amide bonds. The highest BCUT2D eigenvalue weighted by molar-refractivity contribution is 5.96. The molecule has 17 heavy (non-hydrogen) atoms. The average molecular weight is 236 g/mol. The standard InChI is InChI=1S/C12H16N2O3/c1-7-4-8(2)13-10(15)9(7)11(16)14-5-12(3,17)6-14/h4,17H,5-6H2,1-3H3,(H,13,15). The Morgan fingerprint density at radius 1 is 1.47 bits per heavy atom. The number of aryl methyl sites for hydroxylation is 2. The minimum absolute atomic E-state index is 0.172. The Hall–Kier alpha value is -1.62. The van der Waals surface area contributed by atoms with Crippen molar-refractivity contribution in [3.05, 3.63) is 33.2 Å². The van der Waals surface area contributed by atoms with E-state index in [1.54, 1.807) is 26.8 Å². The number of nitrogens with one attached hydrogen (secondary N) is 1. The molecule has 2 heterocycles. The van der Waals surface area contributed by atoms with Gasteiger partial charge >= 0.3 is 0 Å². The fraction of sp³-hybridized carbons (Fsp3) is 0.500. The van der Waals surface area contributed by atoms with Gasteiger partial charge in [0.1, 0.15) is 5.56 Å². The summed E-state index contributed by atoms with van der Waals surface area (Å²) in [6.45, 7) is 5.74. The largest absolute Gasteiger partial charge is 0.386 e. The van der Waals surface area contributed by atoms with Crippen LogP contribution in [0.4, 0.5) is 0 Å². The topological polar surface area (TPSA) is 73.4 Å². The lowest BCUT2D eigenvalue weighted by Crippen LogP contribution is -2.62. The summed E-state index contributed by atoms with van der Waals surface area (Å²) in [7, 11) is 0. The molecule has 2 N–H and O–H groups in total. The van der Waals surface area contributed by atoms with Gasteiger partial charge in [-0.3, -0.25) is 9.59 Å². The van der Waals surface area contributed by atoms with Crippen LogP contribution in [0.25, 0.3) is 0 Å². The summed E-state index contributed by atoms with van der Waals surface area (Å²) in [4.78, 5) is 27.9. The summed E-state index contributed by atoms with van der Waals surface area (Å²) in [6, 6.07) is 1.77. The third-order valence-electron chi connectivity index (χ3n) is 2.93. The zero-order valence-electron chi connectivity index (χ0n) is 10.2. The fourth-order valence-corrected chi connectivity index (χ4v) is 2.20. The first-order valence-electron chi connectivity index (χ1n) is 5.52. The van der Waals surface area contributed by atoms with Crippen LogP contribution in [0.15, 0.2) is 10.9 Å². The van der Waals surface area contributed by atoms with E-state index < -0.39 is 5.60 Å². The Kier molecular flexibility index (Phi) is 2.58. The van der Waals surface area contributed by atoms with Crippen LogP contribution >= 0.6 is 0 Å². The molecule has 1 aromatic heterocycles. The minimum atomic E-state index is -0.818. The number of H-pyrrole nitrogens is 1. The fourth-order valence-electron chi connectivity index (χ4n) is 2.20. The number of carbonyl (C=O) groups is 1. The second kappa shape index (κ2) is 3.70. The third kappa shape index (κ3) is 2.10. The maximum Gasteiger partial charge on any atom is 0.261 e. The lowest BCUT2D eigenvalue weighted by Gasteiger charge is -2.44. The van der Waals surface area contributed by atoms with E-state index in [9.17, 15) is 14.7 Å². The van der Waals surface area contributed by atoms with E-state index in [0.717, 1.165) is 5.69 Å². The number of amides is 1. The van der Waals surface area contributed by atoms with Crippen molar-refractivity contribution in [3.8, 4) is 0 Å². The zero-order chi connectivity index (χ0) is 12.8. The van der Waals surface area contributed by atoms with Crippen LogP contribution in [0.1, 0.15) is 28.5 Å². The van der Waals surface area contributed by atoms with Gasteiger partial charge in [-0.1, -0.05) is 0 Å². The average Bonchev–Trinajstić information content (AvgIpc) is 2.11. The number of rotatable bonds is 1. The summed E-state index contributed by atoms with van der Waals surface area (Å²) in [5.74, 6) is -0.310. The molecule has 0 spiro atoms. The molecule has 0 aliphatic carbocycles. The van der Waals surface area contributed by atoms with E-state index in [1.807, 2.05) is 0 Å². The second-order valence-corrected chi connectivity index (χ2v) is 5.00. The van der Waals surface area contributed by atoms with E-state index in [-0.39, 0.29) is 30.1 Å². The molecule has 0 aromatic carbocycles. The number of hydrogen-bond acceptors (Lipinski definition) is 3. The minimum Gasteiger partial charge on any atom is -0.386 e. The highest BCUT2D eigenvalue weighted by atomic mass is 16.3. The lowest BCUT2D eigenvalue weighted by molar-refractivity contribution is -0.0669. The van der Waals surface area contributed by atoms with Crippen LogP contribution in [0.5, 0.6) is 0 Å². The predicted octanol–water partition coefficient (Wildman–Crippen LogP) is 0.199. The molecule has 5 nitrogen and oxygen atoms in total. The van der Waals surface area contributed by atoms with Crippen molar-refractivity contribution in [2.45, 2.75) is 26.4 Å². The van der Waals surface area contributed by atoms with Crippen LogP contribution in [0.2, 0.25) is 0 Å². The van der Waals surface area contributed by atoms with Crippen LogP contribution in [0.3, 0.4) is 0 Å². The van der Waals surface area contributed by atoms with Crippen molar-refractivity contribution in [3.63, 3.8) is 0 Å². The molecule has 2 rings (SSSR count). The van der Waals surface area contributed by atoms with E-state index >= 15 is 0 Å². The molecule has 1 saturated heterocycles. The van der Waals surface area contributed by atoms with E-state index in [1.165, 1.54) is 4.90 Å². The summed E-state index contributed by atoms with van der Waals surface area (Å²) in [5, 5.41) is 9.58. The monoisotopic (exact) mass is 236 g/mol. The van der Waals surface area contributed by atoms with Crippen LogP contribution in [0, 0.1) is 13.8 Å². The van der Waals surface area contributed by atoms with E-state index in [4.69, 9.17) is 0 Å². The van der Waals surface area contributed by atoms with Gasteiger partial charge in [0.25, 0.3) is 11.5 Å². The first-order valence-corrected chi connectivity index (χ1v) is 5.52. The van der Waals surface area contributed by atoms with Crippen LogP contribution in [-0.4, -0.2) is 39.6 Å². The summed E-state index contributed by atoms with van der Waals surface area (Å²) in [5.41, 5.74) is 0.397. The number of nitrogens with zero attached hydrogens (tertiary/aromatic N) is 1. The second-order valence-electron chi connectivity index (χ2n) is 5.00. The number of likely N-dealkylation sites (tertiary alicyclic amines) is 1. The maximum absolute atomic E-state index is 12.1. The Labute approximate surface area is 99.1 Å². The Morgan fingerprint density at radius 3 is 2.53 bits per heavy atom. The lowest BCUT2D eigenvalue weighted by atomic mass is 9.95. The van der Waals surface area contributed by atoms with Gasteiger partial charge < -0.3 is 15.0 Å². The van der Waals surface area contributed by atoms with Gasteiger partial charge in [-0.2, -0.15) is 0 Å². The van der Waals surface area contributed by atoms with Crippen molar-refractivity contribution in [2.24, 2.45) is 0 Å². The normalized spacial score (nSPS) is 17.8. The smallest absolute Gasteiger partial charge is 0.261 e.